The molecule has 9 rings (SSSR count). The van der Waals surface area contributed by atoms with Crippen LogP contribution in [0.3, 0.4) is 0 Å². The maximum absolute atomic E-state index is 5.24. The lowest BCUT2D eigenvalue weighted by molar-refractivity contribution is 0.232. The van der Waals surface area contributed by atoms with Gasteiger partial charge in [0.15, 0.2) is 11.6 Å². The summed E-state index contributed by atoms with van der Waals surface area (Å²) in [5.41, 5.74) is 8.16. The van der Waals surface area contributed by atoms with Gasteiger partial charge in [-0.25, -0.2) is 4.98 Å². The lowest BCUT2D eigenvalue weighted by Crippen LogP contribution is -2.30. The Bertz CT molecular complexity index is 2190. The van der Waals surface area contributed by atoms with Crippen LogP contribution in [0.2, 0.25) is 0 Å². The van der Waals surface area contributed by atoms with Crippen LogP contribution >= 0.6 is 0 Å². The van der Waals surface area contributed by atoms with E-state index >= 15 is 0 Å². The van der Waals surface area contributed by atoms with E-state index in [9.17, 15) is 0 Å². The number of aromatic nitrogens is 4. The Morgan fingerprint density at radius 3 is 1.85 bits per heavy atom. The summed E-state index contributed by atoms with van der Waals surface area (Å²) in [5, 5.41) is 2.36. The molecule has 0 N–H and O–H groups in total. The Balaban J connectivity index is 1.24. The molecule has 0 saturated heterocycles. The highest BCUT2D eigenvalue weighted by Crippen LogP contribution is 2.51. The first-order chi connectivity index (χ1) is 22.6. The van der Waals surface area contributed by atoms with Crippen LogP contribution in [-0.4, -0.2) is 19.5 Å². The average Bonchev–Trinajstić information content (AvgIpc) is 3.65. The van der Waals surface area contributed by atoms with Crippen LogP contribution in [0.5, 0.6) is 0 Å². The predicted octanol–water partition coefficient (Wildman–Crippen LogP) is 10.4. The maximum Gasteiger partial charge on any atom is 0.238 e. The summed E-state index contributed by atoms with van der Waals surface area (Å²) in [6, 6.07) is 45.1. The average molecular weight is 597 g/mol. The van der Waals surface area contributed by atoms with Crippen molar-refractivity contribution in [2.45, 2.75) is 44.4 Å². The van der Waals surface area contributed by atoms with Crippen LogP contribution in [0, 0.1) is 11.8 Å². The van der Waals surface area contributed by atoms with Gasteiger partial charge in [0, 0.05) is 27.5 Å². The van der Waals surface area contributed by atoms with Crippen molar-refractivity contribution in [3.05, 3.63) is 133 Å². The van der Waals surface area contributed by atoms with E-state index in [-0.39, 0.29) is 5.41 Å². The van der Waals surface area contributed by atoms with Crippen LogP contribution in [-0.2, 0) is 5.41 Å². The summed E-state index contributed by atoms with van der Waals surface area (Å²) in [7, 11) is 0. The second-order valence-corrected chi connectivity index (χ2v) is 13.7. The van der Waals surface area contributed by atoms with Crippen molar-refractivity contribution in [1.82, 2.24) is 19.5 Å². The van der Waals surface area contributed by atoms with E-state index in [1.165, 1.54) is 48.4 Å². The van der Waals surface area contributed by atoms with E-state index < -0.39 is 0 Å². The minimum atomic E-state index is 0.249. The van der Waals surface area contributed by atoms with Gasteiger partial charge >= 0.3 is 0 Å². The maximum atomic E-state index is 5.24. The molecule has 0 amide bonds. The summed E-state index contributed by atoms with van der Waals surface area (Å²) < 4.78 is 2.23. The Hall–Kier alpha value is -5.09. The van der Waals surface area contributed by atoms with Gasteiger partial charge in [0.2, 0.25) is 5.95 Å². The fourth-order valence-corrected chi connectivity index (χ4v) is 8.55. The van der Waals surface area contributed by atoms with Crippen molar-refractivity contribution < 1.29 is 0 Å². The SMILES string of the molecule is CC1(c2ccc(-c3nc(-c4ccccc4)nc(-n4c5ccccc5c5cccc(-c6ccccc6)c54)n3)cc2)C[C@@H]2CC[C@H](C2)C1. The van der Waals surface area contributed by atoms with Gasteiger partial charge in [0.1, 0.15) is 0 Å². The molecule has 224 valence electrons. The van der Waals surface area contributed by atoms with Gasteiger partial charge < -0.3 is 0 Å². The summed E-state index contributed by atoms with van der Waals surface area (Å²) >= 11 is 0. The zero-order valence-corrected chi connectivity index (χ0v) is 26.1. The zero-order chi connectivity index (χ0) is 30.7. The van der Waals surface area contributed by atoms with Gasteiger partial charge in [-0.15, -0.1) is 0 Å². The first kappa shape index (κ1) is 27.2. The molecule has 5 aromatic carbocycles. The quantitative estimate of drug-likeness (QED) is 0.199. The third-order valence-corrected chi connectivity index (χ3v) is 10.6. The van der Waals surface area contributed by atoms with Gasteiger partial charge in [-0.05, 0) is 53.7 Å². The first-order valence-corrected chi connectivity index (χ1v) is 16.6. The highest BCUT2D eigenvalue weighted by atomic mass is 15.2. The molecule has 4 heteroatoms. The molecule has 2 saturated carbocycles. The highest BCUT2D eigenvalue weighted by molar-refractivity contribution is 6.13. The van der Waals surface area contributed by atoms with E-state index in [1.807, 2.05) is 18.2 Å². The number of fused-ring (bicyclic) bond motifs is 5. The van der Waals surface area contributed by atoms with Crippen LogP contribution in [0.4, 0.5) is 0 Å². The largest absolute Gasteiger partial charge is 0.277 e. The van der Waals surface area contributed by atoms with Crippen molar-refractivity contribution in [1.29, 1.82) is 0 Å². The molecule has 0 spiro atoms. The molecule has 0 aliphatic heterocycles. The van der Waals surface area contributed by atoms with Crippen molar-refractivity contribution in [3.63, 3.8) is 0 Å². The van der Waals surface area contributed by atoms with E-state index in [2.05, 4.69) is 121 Å². The summed E-state index contributed by atoms with van der Waals surface area (Å²) in [4.78, 5) is 15.5. The molecule has 0 radical (unpaired) electrons. The number of para-hydroxylation sites is 2. The number of rotatable bonds is 5. The third-order valence-electron chi connectivity index (χ3n) is 10.6. The minimum Gasteiger partial charge on any atom is -0.277 e. The molecule has 2 atom stereocenters. The van der Waals surface area contributed by atoms with Crippen LogP contribution < -0.4 is 0 Å². The first-order valence-electron chi connectivity index (χ1n) is 16.6. The van der Waals surface area contributed by atoms with Gasteiger partial charge in [-0.3, -0.25) is 4.57 Å². The molecule has 2 heterocycles. The van der Waals surface area contributed by atoms with Crippen molar-refractivity contribution >= 4 is 21.8 Å². The van der Waals surface area contributed by atoms with Gasteiger partial charge in [0.05, 0.1) is 11.0 Å². The lowest BCUT2D eigenvalue weighted by Gasteiger charge is -2.38. The molecular formula is C42H36N4. The van der Waals surface area contributed by atoms with E-state index in [0.717, 1.165) is 45.1 Å². The van der Waals surface area contributed by atoms with Crippen molar-refractivity contribution in [2.24, 2.45) is 11.8 Å². The predicted molar refractivity (Wildman–Crippen MR) is 188 cm³/mol. The topological polar surface area (TPSA) is 43.6 Å². The second-order valence-electron chi connectivity index (χ2n) is 13.7. The third kappa shape index (κ3) is 4.55. The van der Waals surface area contributed by atoms with Crippen molar-refractivity contribution in [3.8, 4) is 39.9 Å². The minimum absolute atomic E-state index is 0.249. The number of nitrogens with zero attached hydrogens (tertiary/aromatic N) is 4. The summed E-state index contributed by atoms with van der Waals surface area (Å²) in [5.74, 6) is 3.75. The van der Waals surface area contributed by atoms with Crippen LogP contribution in [0.25, 0.3) is 61.7 Å². The Labute approximate surface area is 269 Å². The molecule has 2 aliphatic rings. The molecule has 4 nitrogen and oxygen atoms in total. The molecule has 2 aromatic heterocycles. The lowest BCUT2D eigenvalue weighted by atomic mass is 9.66. The van der Waals surface area contributed by atoms with E-state index in [0.29, 0.717) is 17.6 Å². The fraction of sp³-hybridized carbons (Fsp3) is 0.214. The van der Waals surface area contributed by atoms with Gasteiger partial charge in [-0.1, -0.05) is 141 Å². The molecule has 2 aliphatic carbocycles. The zero-order valence-electron chi connectivity index (χ0n) is 26.1. The monoisotopic (exact) mass is 596 g/mol. The summed E-state index contributed by atoms with van der Waals surface area (Å²) in [6.45, 7) is 2.48. The van der Waals surface area contributed by atoms with E-state index in [1.54, 1.807) is 0 Å². The fourth-order valence-electron chi connectivity index (χ4n) is 8.55. The smallest absolute Gasteiger partial charge is 0.238 e. The number of hydrogen-bond donors (Lipinski definition) is 0. The summed E-state index contributed by atoms with van der Waals surface area (Å²) in [6.07, 6.45) is 6.84. The standard InChI is InChI=1S/C42H36N4/c1-42(26-28-19-20-29(25-28)27-42)33-23-21-32(22-24-33)40-43-39(31-13-6-3-7-14-31)44-41(45-40)46-37-18-9-8-15-35(37)36-17-10-16-34(38(36)46)30-11-4-2-5-12-30/h2-18,21-24,28-29H,19-20,25-27H2,1H3/t28-,29-/m1/s1. The van der Waals surface area contributed by atoms with E-state index in [4.69, 9.17) is 15.0 Å². The second kappa shape index (κ2) is 10.8. The molecule has 46 heavy (non-hydrogen) atoms. The molecule has 0 unspecified atom stereocenters. The normalized spacial score (nSPS) is 20.8. The van der Waals surface area contributed by atoms with Gasteiger partial charge in [0.25, 0.3) is 0 Å². The van der Waals surface area contributed by atoms with Gasteiger partial charge in [-0.2, -0.15) is 9.97 Å². The Kier molecular flexibility index (Phi) is 6.38. The molecular weight excluding hydrogens is 560 g/mol. The highest BCUT2D eigenvalue weighted by Gasteiger charge is 2.41. The number of hydrogen-bond acceptors (Lipinski definition) is 3. The molecule has 2 fully saturated rings. The van der Waals surface area contributed by atoms with Crippen LogP contribution in [0.15, 0.2) is 127 Å². The molecule has 2 bridgehead atoms. The molecule has 7 aromatic rings. The van der Waals surface area contributed by atoms with Crippen molar-refractivity contribution in [2.75, 3.05) is 0 Å². The number of benzene rings is 5. The Morgan fingerprint density at radius 1 is 0.565 bits per heavy atom. The van der Waals surface area contributed by atoms with Crippen LogP contribution in [0.1, 0.15) is 44.6 Å². The Morgan fingerprint density at radius 2 is 1.15 bits per heavy atom.